The maximum atomic E-state index is 14.7. The van der Waals surface area contributed by atoms with Crippen molar-refractivity contribution in [2.45, 2.75) is 26.2 Å². The molecule has 0 spiro atoms. The highest BCUT2D eigenvalue weighted by atomic mass is 19.1. The van der Waals surface area contributed by atoms with Gasteiger partial charge in [0.2, 0.25) is 0 Å². The molecule has 2 aromatic carbocycles. The normalized spacial score (nSPS) is 15.1. The average Bonchev–Trinajstić information content (AvgIpc) is 3.10. The van der Waals surface area contributed by atoms with Gasteiger partial charge in [0, 0.05) is 24.3 Å². The number of nitrogens with zero attached hydrogens (tertiary/aromatic N) is 3. The van der Waals surface area contributed by atoms with Gasteiger partial charge >= 0.3 is 0 Å². The Balaban J connectivity index is 1.66. The molecule has 1 aromatic heterocycles. The second kappa shape index (κ2) is 7.24. The predicted octanol–water partition coefficient (Wildman–Crippen LogP) is 5.06. The molecule has 0 radical (unpaired) electrons. The van der Waals surface area contributed by atoms with Crippen molar-refractivity contribution in [3.05, 3.63) is 59.2 Å². The third-order valence-electron chi connectivity index (χ3n) is 5.02. The van der Waals surface area contributed by atoms with Gasteiger partial charge in [0.15, 0.2) is 0 Å². The number of nitriles is 1. The highest BCUT2D eigenvalue weighted by Crippen LogP contribution is 2.25. The summed E-state index contributed by atoms with van der Waals surface area (Å²) >= 11 is 0. The summed E-state index contributed by atoms with van der Waals surface area (Å²) in [6.45, 7) is 3.94. The summed E-state index contributed by atoms with van der Waals surface area (Å²) in [4.78, 5) is 9.84. The van der Waals surface area contributed by atoms with Crippen molar-refractivity contribution in [3.8, 4) is 6.07 Å². The van der Waals surface area contributed by atoms with Crippen molar-refractivity contribution in [3.63, 3.8) is 0 Å². The van der Waals surface area contributed by atoms with Crippen LogP contribution < -0.4 is 4.90 Å². The zero-order chi connectivity index (χ0) is 18.8. The van der Waals surface area contributed by atoms with Crippen LogP contribution in [0.25, 0.3) is 22.7 Å². The molecule has 1 aliphatic rings. The lowest BCUT2D eigenvalue weighted by Crippen LogP contribution is -2.29. The van der Waals surface area contributed by atoms with E-state index < -0.39 is 0 Å². The minimum atomic E-state index is -0.322. The lowest BCUT2D eigenvalue weighted by molar-refractivity contribution is 0.574. The number of piperidine rings is 1. The lowest BCUT2D eigenvalue weighted by Gasteiger charge is -2.28. The van der Waals surface area contributed by atoms with Crippen LogP contribution >= 0.6 is 0 Å². The molecule has 27 heavy (non-hydrogen) atoms. The zero-order valence-corrected chi connectivity index (χ0v) is 15.3. The van der Waals surface area contributed by atoms with Gasteiger partial charge in [-0.15, -0.1) is 0 Å². The summed E-state index contributed by atoms with van der Waals surface area (Å²) in [6, 6.07) is 13.2. The van der Waals surface area contributed by atoms with Crippen LogP contribution in [-0.4, -0.2) is 23.1 Å². The molecule has 2 heterocycles. The quantitative estimate of drug-likeness (QED) is 0.664. The number of H-pyrrole nitrogens is 1. The minimum Gasteiger partial charge on any atom is -0.371 e. The lowest BCUT2D eigenvalue weighted by atomic mass is 10.1. The van der Waals surface area contributed by atoms with Gasteiger partial charge in [-0.2, -0.15) is 5.26 Å². The first-order chi connectivity index (χ1) is 13.1. The van der Waals surface area contributed by atoms with Crippen LogP contribution in [0.5, 0.6) is 0 Å². The Hall–Kier alpha value is -3.13. The molecule has 0 aliphatic carbocycles. The van der Waals surface area contributed by atoms with Gasteiger partial charge in [0.05, 0.1) is 16.6 Å². The zero-order valence-electron chi connectivity index (χ0n) is 15.3. The fourth-order valence-corrected chi connectivity index (χ4v) is 3.54. The number of hydrogen-bond donors (Lipinski definition) is 1. The van der Waals surface area contributed by atoms with Gasteiger partial charge in [-0.3, -0.25) is 0 Å². The molecule has 1 N–H and O–H groups in total. The molecule has 5 heteroatoms. The number of benzene rings is 2. The van der Waals surface area contributed by atoms with Crippen LogP contribution in [-0.2, 0) is 0 Å². The number of imidazole rings is 1. The van der Waals surface area contributed by atoms with Crippen LogP contribution in [0.4, 0.5) is 10.1 Å². The van der Waals surface area contributed by atoms with Crippen LogP contribution in [0, 0.1) is 24.1 Å². The summed E-state index contributed by atoms with van der Waals surface area (Å²) in [7, 11) is 0. The van der Waals surface area contributed by atoms with Gasteiger partial charge in [-0.25, -0.2) is 9.37 Å². The standard InChI is InChI=1S/C22H21FN4/c1-15-5-8-20-21(11-15)26-22(25-20)17(14-24)12-16-6-7-18(13-19(16)23)27-9-3-2-4-10-27/h5-8,11-13H,2-4,9-10H2,1H3,(H,25,26). The molecule has 1 aliphatic heterocycles. The maximum Gasteiger partial charge on any atom is 0.149 e. The van der Waals surface area contributed by atoms with E-state index in [0.29, 0.717) is 17.0 Å². The molecule has 0 amide bonds. The molecule has 0 unspecified atom stereocenters. The monoisotopic (exact) mass is 360 g/mol. The molecular weight excluding hydrogens is 339 g/mol. The summed E-state index contributed by atoms with van der Waals surface area (Å²) in [5.74, 6) is 0.135. The van der Waals surface area contributed by atoms with Crippen molar-refractivity contribution < 1.29 is 4.39 Å². The number of aryl methyl sites for hydroxylation is 1. The highest BCUT2D eigenvalue weighted by Gasteiger charge is 2.14. The summed E-state index contributed by atoms with van der Waals surface area (Å²) in [5.41, 5.74) is 4.38. The predicted molar refractivity (Wildman–Crippen MR) is 107 cm³/mol. The summed E-state index contributed by atoms with van der Waals surface area (Å²) in [5, 5.41) is 9.56. The van der Waals surface area contributed by atoms with E-state index in [4.69, 9.17) is 0 Å². The molecular formula is C22H21FN4. The van der Waals surface area contributed by atoms with Gasteiger partial charge in [0.25, 0.3) is 0 Å². The van der Waals surface area contributed by atoms with Crippen molar-refractivity contribution in [1.82, 2.24) is 9.97 Å². The molecule has 4 rings (SSSR count). The number of nitrogens with one attached hydrogen (secondary N) is 1. The third kappa shape index (κ3) is 3.56. The molecule has 0 bridgehead atoms. The number of anilines is 1. The second-order valence-electron chi connectivity index (χ2n) is 7.03. The van der Waals surface area contributed by atoms with E-state index in [-0.39, 0.29) is 5.82 Å². The van der Waals surface area contributed by atoms with Gasteiger partial charge in [-0.05, 0) is 68.2 Å². The first-order valence-corrected chi connectivity index (χ1v) is 9.27. The van der Waals surface area contributed by atoms with Gasteiger partial charge < -0.3 is 9.88 Å². The SMILES string of the molecule is Cc1ccc2nc(C(C#N)=Cc3ccc(N4CCCCC4)cc3F)[nH]c2c1. The molecule has 4 nitrogen and oxygen atoms in total. The number of aromatic amines is 1. The van der Waals surface area contributed by atoms with Gasteiger partial charge in [0.1, 0.15) is 17.7 Å². The second-order valence-corrected chi connectivity index (χ2v) is 7.03. The van der Waals surface area contributed by atoms with Crippen LogP contribution in [0.3, 0.4) is 0 Å². The molecule has 0 atom stereocenters. The summed E-state index contributed by atoms with van der Waals surface area (Å²) in [6.07, 6.45) is 5.09. The van der Waals surface area contributed by atoms with E-state index in [1.807, 2.05) is 31.2 Å². The number of rotatable bonds is 3. The number of hydrogen-bond acceptors (Lipinski definition) is 3. The van der Waals surface area contributed by atoms with Crippen molar-refractivity contribution >= 4 is 28.4 Å². The first-order valence-electron chi connectivity index (χ1n) is 9.27. The average molecular weight is 360 g/mol. The van der Waals surface area contributed by atoms with E-state index in [9.17, 15) is 9.65 Å². The number of halogens is 1. The van der Waals surface area contributed by atoms with E-state index in [2.05, 4.69) is 20.9 Å². The fourth-order valence-electron chi connectivity index (χ4n) is 3.54. The molecule has 136 valence electrons. The minimum absolute atomic E-state index is 0.313. The van der Waals surface area contributed by atoms with Crippen molar-refractivity contribution in [1.29, 1.82) is 5.26 Å². The smallest absolute Gasteiger partial charge is 0.149 e. The Morgan fingerprint density at radius 3 is 2.74 bits per heavy atom. The van der Waals surface area contributed by atoms with E-state index in [1.54, 1.807) is 18.2 Å². The van der Waals surface area contributed by atoms with Gasteiger partial charge in [-0.1, -0.05) is 6.07 Å². The number of fused-ring (bicyclic) bond motifs is 1. The number of aromatic nitrogens is 2. The highest BCUT2D eigenvalue weighted by molar-refractivity contribution is 5.90. The Bertz CT molecular complexity index is 1050. The first kappa shape index (κ1) is 17.3. The fraction of sp³-hybridized carbons (Fsp3) is 0.273. The van der Waals surface area contributed by atoms with Crippen molar-refractivity contribution in [2.24, 2.45) is 0 Å². The van der Waals surface area contributed by atoms with E-state index in [0.717, 1.165) is 48.2 Å². The van der Waals surface area contributed by atoms with Crippen LogP contribution in [0.2, 0.25) is 0 Å². The Morgan fingerprint density at radius 2 is 2.00 bits per heavy atom. The Labute approximate surface area is 158 Å². The third-order valence-corrected chi connectivity index (χ3v) is 5.02. The largest absolute Gasteiger partial charge is 0.371 e. The Kier molecular flexibility index (Phi) is 4.64. The maximum absolute atomic E-state index is 14.7. The molecule has 3 aromatic rings. The molecule has 1 fully saturated rings. The van der Waals surface area contributed by atoms with E-state index >= 15 is 0 Å². The van der Waals surface area contributed by atoms with Crippen LogP contribution in [0.1, 0.15) is 36.2 Å². The molecule has 0 saturated carbocycles. The van der Waals surface area contributed by atoms with Crippen LogP contribution in [0.15, 0.2) is 36.4 Å². The summed E-state index contributed by atoms with van der Waals surface area (Å²) < 4.78 is 14.7. The molecule has 1 saturated heterocycles. The topological polar surface area (TPSA) is 55.7 Å². The number of allylic oxidation sites excluding steroid dienone is 1. The van der Waals surface area contributed by atoms with E-state index in [1.165, 1.54) is 6.42 Å². The van der Waals surface area contributed by atoms with Crippen molar-refractivity contribution in [2.75, 3.05) is 18.0 Å². The Morgan fingerprint density at radius 1 is 1.19 bits per heavy atom.